The molecule has 2 aromatic rings. The second-order valence-corrected chi connectivity index (χ2v) is 4.83. The molecule has 7 heteroatoms. The van der Waals surface area contributed by atoms with E-state index < -0.39 is 4.92 Å². The number of carbonyl (C=O) groups is 2. The minimum Gasteiger partial charge on any atom is -0.355 e. The lowest BCUT2D eigenvalue weighted by atomic mass is 10.1. The van der Waals surface area contributed by atoms with Gasteiger partial charge < -0.3 is 10.6 Å². The highest BCUT2D eigenvalue weighted by atomic mass is 16.6. The molecule has 0 saturated heterocycles. The van der Waals surface area contributed by atoms with Crippen LogP contribution in [0.4, 0.5) is 17.1 Å². The Morgan fingerprint density at radius 3 is 2.17 bits per heavy atom. The first-order valence-electron chi connectivity index (χ1n) is 6.81. The van der Waals surface area contributed by atoms with Crippen molar-refractivity contribution in [2.45, 2.75) is 6.92 Å². The van der Waals surface area contributed by atoms with E-state index >= 15 is 0 Å². The van der Waals surface area contributed by atoms with Crippen LogP contribution in [-0.2, 0) is 0 Å². The third kappa shape index (κ3) is 3.70. The summed E-state index contributed by atoms with van der Waals surface area (Å²) in [5.74, 6) is -0.456. The van der Waals surface area contributed by atoms with E-state index in [1.807, 2.05) is 0 Å². The van der Waals surface area contributed by atoms with Crippen molar-refractivity contribution in [1.29, 1.82) is 0 Å². The largest absolute Gasteiger partial charge is 0.355 e. The molecule has 7 nitrogen and oxygen atoms in total. The first kappa shape index (κ1) is 16.2. The van der Waals surface area contributed by atoms with Crippen LogP contribution >= 0.6 is 0 Å². The summed E-state index contributed by atoms with van der Waals surface area (Å²) in [7, 11) is 1.54. The van der Waals surface area contributed by atoms with Crippen LogP contribution in [0.15, 0.2) is 42.5 Å². The normalized spacial score (nSPS) is 10.0. The molecule has 0 bridgehead atoms. The van der Waals surface area contributed by atoms with Gasteiger partial charge in [-0.3, -0.25) is 19.7 Å². The topological polar surface area (TPSA) is 101 Å². The number of nitrogens with zero attached hydrogens (tertiary/aromatic N) is 1. The van der Waals surface area contributed by atoms with E-state index in [1.165, 1.54) is 32.2 Å². The highest BCUT2D eigenvalue weighted by molar-refractivity contribution is 5.96. The van der Waals surface area contributed by atoms with E-state index in [0.29, 0.717) is 11.3 Å². The lowest BCUT2D eigenvalue weighted by Gasteiger charge is -2.09. The molecule has 0 aliphatic rings. The molecular weight excluding hydrogens is 298 g/mol. The number of amides is 1. The van der Waals surface area contributed by atoms with E-state index in [2.05, 4.69) is 10.6 Å². The summed E-state index contributed by atoms with van der Waals surface area (Å²) in [6, 6.07) is 10.8. The molecule has 0 fully saturated rings. The maximum Gasteiger partial charge on any atom is 0.293 e. The van der Waals surface area contributed by atoms with Gasteiger partial charge in [0.2, 0.25) is 0 Å². The lowest BCUT2D eigenvalue weighted by molar-refractivity contribution is -0.383. The lowest BCUT2D eigenvalue weighted by Crippen LogP contribution is -2.17. The Bertz CT molecular complexity index is 769. The van der Waals surface area contributed by atoms with Crippen LogP contribution < -0.4 is 10.6 Å². The quantitative estimate of drug-likeness (QED) is 0.502. The highest BCUT2D eigenvalue weighted by Crippen LogP contribution is 2.29. The standard InChI is InChI=1S/C16H15N3O4/c1-10(20)12-5-8-14(15(9-12)19(22)23)18-13-6-3-11(4-7-13)16(21)17-2/h3-9,18H,1-2H3,(H,17,21). The van der Waals surface area contributed by atoms with Crippen molar-refractivity contribution in [3.05, 3.63) is 63.7 Å². The predicted octanol–water partition coefficient (Wildman–Crippen LogP) is 2.90. The Morgan fingerprint density at radius 1 is 1.04 bits per heavy atom. The Kier molecular flexibility index (Phi) is 4.70. The first-order chi connectivity index (χ1) is 10.9. The van der Waals surface area contributed by atoms with Gasteiger partial charge in [0.05, 0.1) is 4.92 Å². The maximum absolute atomic E-state index is 11.5. The third-order valence-electron chi connectivity index (χ3n) is 3.25. The van der Waals surface area contributed by atoms with Crippen molar-refractivity contribution in [3.8, 4) is 0 Å². The van der Waals surface area contributed by atoms with Crippen molar-refractivity contribution < 1.29 is 14.5 Å². The Balaban J connectivity index is 2.30. The zero-order valence-electron chi connectivity index (χ0n) is 12.6. The molecule has 23 heavy (non-hydrogen) atoms. The highest BCUT2D eigenvalue weighted by Gasteiger charge is 2.16. The SMILES string of the molecule is CNC(=O)c1ccc(Nc2ccc(C(C)=O)cc2[N+](=O)[O-])cc1. The summed E-state index contributed by atoms with van der Waals surface area (Å²) >= 11 is 0. The van der Waals surface area contributed by atoms with E-state index in [1.54, 1.807) is 24.3 Å². The van der Waals surface area contributed by atoms with Gasteiger partial charge in [-0.15, -0.1) is 0 Å². The van der Waals surface area contributed by atoms with Crippen LogP contribution in [0.2, 0.25) is 0 Å². The molecule has 2 rings (SSSR count). The van der Waals surface area contributed by atoms with Crippen LogP contribution in [0.1, 0.15) is 27.6 Å². The van der Waals surface area contributed by atoms with E-state index in [0.717, 1.165) is 0 Å². The molecule has 0 aliphatic carbocycles. The molecule has 2 aromatic carbocycles. The van der Waals surface area contributed by atoms with Gasteiger partial charge >= 0.3 is 0 Å². The fourth-order valence-electron chi connectivity index (χ4n) is 2.01. The van der Waals surface area contributed by atoms with Crippen molar-refractivity contribution in [2.75, 3.05) is 12.4 Å². The fourth-order valence-corrected chi connectivity index (χ4v) is 2.01. The van der Waals surface area contributed by atoms with Gasteiger partial charge in [-0.1, -0.05) is 0 Å². The van der Waals surface area contributed by atoms with Gasteiger partial charge in [-0.25, -0.2) is 0 Å². The third-order valence-corrected chi connectivity index (χ3v) is 3.25. The van der Waals surface area contributed by atoms with Crippen molar-refractivity contribution >= 4 is 28.8 Å². The Morgan fingerprint density at radius 2 is 1.65 bits per heavy atom. The number of nitro benzene ring substituents is 1. The van der Waals surface area contributed by atoms with Crippen molar-refractivity contribution in [1.82, 2.24) is 5.32 Å². The number of Topliss-reactive ketones (excluding diaryl/α,β-unsaturated/α-hetero) is 1. The predicted molar refractivity (Wildman–Crippen MR) is 86.2 cm³/mol. The number of nitrogens with one attached hydrogen (secondary N) is 2. The van der Waals surface area contributed by atoms with Crippen LogP contribution in [0.25, 0.3) is 0 Å². The van der Waals surface area contributed by atoms with Gasteiger partial charge in [0, 0.05) is 29.9 Å². The van der Waals surface area contributed by atoms with Crippen LogP contribution in [0.5, 0.6) is 0 Å². The van der Waals surface area contributed by atoms with Crippen molar-refractivity contribution in [3.63, 3.8) is 0 Å². The minimum atomic E-state index is -0.548. The van der Waals surface area contributed by atoms with Gasteiger partial charge in [0.15, 0.2) is 5.78 Å². The summed E-state index contributed by atoms with van der Waals surface area (Å²) in [5, 5.41) is 16.6. The van der Waals surface area contributed by atoms with Crippen LogP contribution in [-0.4, -0.2) is 23.7 Å². The number of ketones is 1. The first-order valence-corrected chi connectivity index (χ1v) is 6.81. The van der Waals surface area contributed by atoms with E-state index in [9.17, 15) is 19.7 Å². The van der Waals surface area contributed by atoms with Gasteiger partial charge in [0.25, 0.3) is 11.6 Å². The molecule has 2 N–H and O–H groups in total. The van der Waals surface area contributed by atoms with Gasteiger partial charge in [-0.05, 0) is 43.3 Å². The number of carbonyl (C=O) groups excluding carboxylic acids is 2. The molecule has 0 spiro atoms. The number of anilines is 2. The van der Waals surface area contributed by atoms with E-state index in [-0.39, 0.29) is 28.6 Å². The summed E-state index contributed by atoms with van der Waals surface area (Å²) in [4.78, 5) is 33.4. The molecule has 0 aliphatic heterocycles. The Hall–Kier alpha value is -3.22. The maximum atomic E-state index is 11.5. The molecule has 0 saturated carbocycles. The zero-order chi connectivity index (χ0) is 17.0. The minimum absolute atomic E-state index is 0.187. The molecule has 118 valence electrons. The monoisotopic (exact) mass is 313 g/mol. The molecule has 0 radical (unpaired) electrons. The van der Waals surface area contributed by atoms with Crippen LogP contribution in [0.3, 0.4) is 0 Å². The molecule has 0 aromatic heterocycles. The summed E-state index contributed by atoms with van der Waals surface area (Å²) in [6.45, 7) is 1.35. The second-order valence-electron chi connectivity index (χ2n) is 4.83. The number of rotatable bonds is 5. The summed E-state index contributed by atoms with van der Waals surface area (Å²) in [6.07, 6.45) is 0. The number of hydrogen-bond acceptors (Lipinski definition) is 5. The zero-order valence-corrected chi connectivity index (χ0v) is 12.6. The fraction of sp³-hybridized carbons (Fsp3) is 0.125. The van der Waals surface area contributed by atoms with Crippen molar-refractivity contribution in [2.24, 2.45) is 0 Å². The summed E-state index contributed by atoms with van der Waals surface area (Å²) < 4.78 is 0. The number of benzene rings is 2. The number of hydrogen-bond donors (Lipinski definition) is 2. The smallest absolute Gasteiger partial charge is 0.293 e. The number of nitro groups is 1. The van der Waals surface area contributed by atoms with Crippen LogP contribution in [0, 0.1) is 10.1 Å². The average molecular weight is 313 g/mol. The summed E-state index contributed by atoms with van der Waals surface area (Å²) in [5.41, 5.74) is 1.44. The molecule has 1 amide bonds. The molecule has 0 heterocycles. The molecular formula is C16H15N3O4. The van der Waals surface area contributed by atoms with Gasteiger partial charge in [0.1, 0.15) is 5.69 Å². The molecule has 0 atom stereocenters. The second kappa shape index (κ2) is 6.69. The average Bonchev–Trinajstić information content (AvgIpc) is 2.54. The van der Waals surface area contributed by atoms with E-state index in [4.69, 9.17) is 0 Å². The molecule has 0 unspecified atom stereocenters. The Labute approximate surface area is 132 Å². The van der Waals surface area contributed by atoms with Gasteiger partial charge in [-0.2, -0.15) is 0 Å².